The van der Waals surface area contributed by atoms with Gasteiger partial charge in [-0.05, 0) is 30.0 Å². The first-order valence-electron chi connectivity index (χ1n) is 2.69. The van der Waals surface area contributed by atoms with Crippen LogP contribution in [-0.4, -0.2) is 13.4 Å². The third-order valence-corrected chi connectivity index (χ3v) is 7.81. The van der Waals surface area contributed by atoms with E-state index in [9.17, 15) is 4.57 Å². The van der Waals surface area contributed by atoms with Crippen molar-refractivity contribution in [2.45, 2.75) is 6.92 Å². The molecule has 0 aromatic heterocycles. The lowest BCUT2D eigenvalue weighted by Crippen LogP contribution is -1.70. The van der Waals surface area contributed by atoms with Crippen LogP contribution in [0.25, 0.3) is 0 Å². The first-order chi connectivity index (χ1) is 4.68. The molecule has 60 valence electrons. The number of hydrogen-bond donors (Lipinski definition) is 0. The van der Waals surface area contributed by atoms with Crippen molar-refractivity contribution in [2.75, 3.05) is 13.4 Å². The highest BCUT2D eigenvalue weighted by atomic mass is 33.1. The van der Waals surface area contributed by atoms with Gasteiger partial charge < -0.3 is 4.52 Å². The van der Waals surface area contributed by atoms with Crippen molar-refractivity contribution in [3.8, 4) is 0 Å². The molecule has 0 aliphatic rings. The maximum Gasteiger partial charge on any atom is 0.316 e. The molecule has 0 saturated heterocycles. The average molecular weight is 198 g/mol. The summed E-state index contributed by atoms with van der Waals surface area (Å²) in [4.78, 5) is 0. The SMILES string of the molecule is C/C=C\SP(=O)(OC)SC. The minimum Gasteiger partial charge on any atom is -0.317 e. The largest absolute Gasteiger partial charge is 0.317 e. The smallest absolute Gasteiger partial charge is 0.316 e. The van der Waals surface area contributed by atoms with Crippen molar-refractivity contribution >= 4 is 28.5 Å². The molecule has 0 aliphatic carbocycles. The van der Waals surface area contributed by atoms with Crippen LogP contribution in [0.3, 0.4) is 0 Å². The molecule has 2 nitrogen and oxygen atoms in total. The third-order valence-electron chi connectivity index (χ3n) is 0.773. The maximum atomic E-state index is 11.4. The van der Waals surface area contributed by atoms with Crippen LogP contribution >= 0.6 is 28.5 Å². The Bertz CT molecular complexity index is 150. The quantitative estimate of drug-likeness (QED) is 0.647. The number of rotatable bonds is 4. The second-order valence-corrected chi connectivity index (χ2v) is 8.80. The van der Waals surface area contributed by atoms with Crippen LogP contribution in [0.2, 0.25) is 0 Å². The Morgan fingerprint density at radius 1 is 1.60 bits per heavy atom. The van der Waals surface area contributed by atoms with Crippen LogP contribution < -0.4 is 0 Å². The Kier molecular flexibility index (Phi) is 5.64. The summed E-state index contributed by atoms with van der Waals surface area (Å²) in [5, 5.41) is 1.78. The highest BCUT2D eigenvalue weighted by Crippen LogP contribution is 2.68. The lowest BCUT2D eigenvalue weighted by Gasteiger charge is -2.07. The summed E-state index contributed by atoms with van der Waals surface area (Å²) >= 11 is 2.50. The fraction of sp³-hybridized carbons (Fsp3) is 0.600. The van der Waals surface area contributed by atoms with E-state index in [1.54, 1.807) is 11.7 Å². The predicted octanol–water partition coefficient (Wildman–Crippen LogP) is 3.37. The minimum absolute atomic E-state index is 1.24. The monoisotopic (exact) mass is 198 g/mol. The standard InChI is InChI=1S/C5H11O2PS2/c1-4-5-10-8(6,7-2)9-3/h4-5H,1-3H3/b5-4-. The van der Waals surface area contributed by atoms with E-state index in [1.165, 1.54) is 29.9 Å². The molecule has 0 saturated carbocycles. The van der Waals surface area contributed by atoms with E-state index in [-0.39, 0.29) is 0 Å². The fourth-order valence-electron chi connectivity index (χ4n) is 0.296. The zero-order chi connectivity index (χ0) is 8.04. The van der Waals surface area contributed by atoms with Crippen LogP contribution in [-0.2, 0) is 9.09 Å². The molecule has 0 aromatic carbocycles. The van der Waals surface area contributed by atoms with Gasteiger partial charge in [-0.1, -0.05) is 17.5 Å². The third kappa shape index (κ3) is 3.71. The van der Waals surface area contributed by atoms with Crippen LogP contribution in [0.4, 0.5) is 0 Å². The maximum absolute atomic E-state index is 11.4. The van der Waals surface area contributed by atoms with Gasteiger partial charge in [-0.2, -0.15) is 0 Å². The molecule has 0 bridgehead atoms. The first kappa shape index (κ1) is 10.6. The summed E-state index contributed by atoms with van der Waals surface area (Å²) in [5.74, 6) is -2.45. The van der Waals surface area contributed by atoms with Gasteiger partial charge in [0, 0.05) is 7.11 Å². The van der Waals surface area contributed by atoms with Gasteiger partial charge in [0.2, 0.25) is 0 Å². The van der Waals surface area contributed by atoms with Gasteiger partial charge in [0.1, 0.15) is 0 Å². The highest BCUT2D eigenvalue weighted by molar-refractivity contribution is 8.89. The van der Waals surface area contributed by atoms with E-state index < -0.39 is 5.77 Å². The van der Waals surface area contributed by atoms with E-state index in [0.29, 0.717) is 0 Å². The van der Waals surface area contributed by atoms with E-state index in [4.69, 9.17) is 4.52 Å². The molecule has 1 unspecified atom stereocenters. The average Bonchev–Trinajstić information content (AvgIpc) is 2.00. The van der Waals surface area contributed by atoms with Crippen molar-refractivity contribution in [3.05, 3.63) is 11.5 Å². The molecule has 5 heteroatoms. The Hall–Kier alpha value is 0.630. The van der Waals surface area contributed by atoms with Crippen LogP contribution in [0.15, 0.2) is 11.5 Å². The summed E-state index contributed by atoms with van der Waals surface area (Å²) in [6.07, 6.45) is 3.62. The normalized spacial score (nSPS) is 17.5. The van der Waals surface area contributed by atoms with Gasteiger partial charge in [-0.3, -0.25) is 4.57 Å². The Morgan fingerprint density at radius 2 is 2.20 bits per heavy atom. The molecule has 0 heterocycles. The Morgan fingerprint density at radius 3 is 2.50 bits per heavy atom. The first-order valence-corrected chi connectivity index (χ1v) is 7.63. The van der Waals surface area contributed by atoms with Crippen molar-refractivity contribution in [1.82, 2.24) is 0 Å². The number of hydrogen-bond acceptors (Lipinski definition) is 4. The number of allylic oxidation sites excluding steroid dienone is 1. The predicted molar refractivity (Wildman–Crippen MR) is 50.5 cm³/mol. The topological polar surface area (TPSA) is 26.3 Å². The summed E-state index contributed by atoms with van der Waals surface area (Å²) in [5.41, 5.74) is 0. The molecule has 0 fully saturated rings. The lowest BCUT2D eigenvalue weighted by atomic mass is 10.8. The van der Waals surface area contributed by atoms with Crippen molar-refractivity contribution in [1.29, 1.82) is 0 Å². The van der Waals surface area contributed by atoms with Crippen molar-refractivity contribution in [3.63, 3.8) is 0 Å². The molecule has 0 radical (unpaired) electrons. The zero-order valence-corrected chi connectivity index (χ0v) is 8.76. The van der Waals surface area contributed by atoms with Crippen LogP contribution in [0.5, 0.6) is 0 Å². The van der Waals surface area contributed by atoms with Crippen molar-refractivity contribution < 1.29 is 9.09 Å². The second kappa shape index (κ2) is 5.30. The Balaban J connectivity index is 3.94. The molecule has 0 aromatic rings. The van der Waals surface area contributed by atoms with E-state index in [0.717, 1.165) is 0 Å². The molecule has 1 atom stereocenters. The fourth-order valence-corrected chi connectivity index (χ4v) is 3.89. The van der Waals surface area contributed by atoms with Gasteiger partial charge in [0.15, 0.2) is 0 Å². The highest BCUT2D eigenvalue weighted by Gasteiger charge is 2.18. The van der Waals surface area contributed by atoms with E-state index in [2.05, 4.69) is 0 Å². The van der Waals surface area contributed by atoms with Gasteiger partial charge in [-0.15, -0.1) is 0 Å². The van der Waals surface area contributed by atoms with Crippen LogP contribution in [0, 0.1) is 0 Å². The molecule has 0 amide bonds. The van der Waals surface area contributed by atoms with Crippen LogP contribution in [0.1, 0.15) is 6.92 Å². The second-order valence-electron chi connectivity index (χ2n) is 1.39. The molecular weight excluding hydrogens is 187 g/mol. The summed E-state index contributed by atoms with van der Waals surface area (Å²) in [6, 6.07) is 0. The molecule has 10 heavy (non-hydrogen) atoms. The van der Waals surface area contributed by atoms with Gasteiger partial charge in [0.05, 0.1) is 0 Å². The molecule has 0 aliphatic heterocycles. The summed E-state index contributed by atoms with van der Waals surface area (Å²) in [6.45, 7) is 1.88. The molecular formula is C5H11O2PS2. The minimum atomic E-state index is -2.45. The van der Waals surface area contributed by atoms with Gasteiger partial charge >= 0.3 is 5.77 Å². The zero-order valence-electron chi connectivity index (χ0n) is 6.23. The summed E-state index contributed by atoms with van der Waals surface area (Å²) in [7, 11) is 1.47. The van der Waals surface area contributed by atoms with Crippen molar-refractivity contribution in [2.24, 2.45) is 0 Å². The molecule has 0 rings (SSSR count). The van der Waals surface area contributed by atoms with E-state index >= 15 is 0 Å². The Labute approximate surface area is 69.7 Å². The van der Waals surface area contributed by atoms with Gasteiger partial charge in [0.25, 0.3) is 0 Å². The lowest BCUT2D eigenvalue weighted by molar-refractivity contribution is 0.424. The van der Waals surface area contributed by atoms with E-state index in [1.807, 2.05) is 13.0 Å². The molecule has 0 spiro atoms. The van der Waals surface area contributed by atoms with Gasteiger partial charge in [-0.25, -0.2) is 0 Å². The summed E-state index contributed by atoms with van der Waals surface area (Å²) < 4.78 is 16.2. The molecule has 0 N–H and O–H groups in total.